The van der Waals surface area contributed by atoms with E-state index in [1.807, 2.05) is 0 Å². The maximum atomic E-state index is 12.0. The fourth-order valence-corrected chi connectivity index (χ4v) is 1.41. The lowest BCUT2D eigenvalue weighted by atomic mass is 10.2. The first-order chi connectivity index (χ1) is 9.78. The van der Waals surface area contributed by atoms with Crippen LogP contribution in [0, 0.1) is 0 Å². The topological polar surface area (TPSA) is 106 Å². The summed E-state index contributed by atoms with van der Waals surface area (Å²) in [5.41, 5.74) is 7.87. The van der Waals surface area contributed by atoms with E-state index >= 15 is 0 Å². The lowest BCUT2D eigenvalue weighted by Gasteiger charge is -2.20. The predicted octanol–water partition coefficient (Wildman–Crippen LogP) is 3.10. The van der Waals surface area contributed by atoms with Gasteiger partial charge in [-0.05, 0) is 44.5 Å². The van der Waals surface area contributed by atoms with Crippen LogP contribution in [0.25, 0.3) is 16.5 Å². The zero-order valence-electron chi connectivity index (χ0n) is 12.2. The number of methoxy groups -OCH3 is 1. The van der Waals surface area contributed by atoms with Crippen LogP contribution in [0.2, 0.25) is 0 Å². The molecule has 8 heteroatoms. The van der Waals surface area contributed by atoms with Crippen molar-refractivity contribution in [3.63, 3.8) is 0 Å². The SMILES string of the molecule is COC(=O)/C(=C/c1cccn1C(=O)OC(C)(C)C)N=[N+]=[N-]. The molecule has 0 aliphatic carbocycles. The second kappa shape index (κ2) is 6.62. The smallest absolute Gasteiger partial charge is 0.418 e. The van der Waals surface area contributed by atoms with Gasteiger partial charge in [0.05, 0.1) is 12.8 Å². The fraction of sp³-hybridized carbons (Fsp3) is 0.385. The van der Waals surface area contributed by atoms with Crippen molar-refractivity contribution in [1.82, 2.24) is 4.57 Å². The molecule has 21 heavy (non-hydrogen) atoms. The number of carbonyl (C=O) groups excluding carboxylic acids is 2. The molecule has 1 aromatic rings. The molecule has 0 aliphatic heterocycles. The number of rotatable bonds is 3. The van der Waals surface area contributed by atoms with Crippen molar-refractivity contribution in [2.75, 3.05) is 7.11 Å². The van der Waals surface area contributed by atoms with E-state index in [-0.39, 0.29) is 5.70 Å². The molecule has 8 nitrogen and oxygen atoms in total. The number of azide groups is 1. The molecular formula is C13H16N4O4. The van der Waals surface area contributed by atoms with Crippen molar-refractivity contribution >= 4 is 18.1 Å². The molecule has 0 amide bonds. The highest BCUT2D eigenvalue weighted by molar-refractivity contribution is 5.93. The van der Waals surface area contributed by atoms with Gasteiger partial charge in [0, 0.05) is 11.1 Å². The van der Waals surface area contributed by atoms with E-state index in [1.54, 1.807) is 32.9 Å². The number of nitrogens with zero attached hydrogens (tertiary/aromatic N) is 4. The second-order valence-corrected chi connectivity index (χ2v) is 4.99. The number of carbonyl (C=O) groups is 2. The highest BCUT2D eigenvalue weighted by Gasteiger charge is 2.19. The Morgan fingerprint density at radius 1 is 1.43 bits per heavy atom. The zero-order chi connectivity index (χ0) is 16.0. The van der Waals surface area contributed by atoms with Gasteiger partial charge in [-0.1, -0.05) is 5.11 Å². The van der Waals surface area contributed by atoms with Crippen molar-refractivity contribution in [3.05, 3.63) is 40.2 Å². The Morgan fingerprint density at radius 3 is 2.62 bits per heavy atom. The third-order valence-electron chi connectivity index (χ3n) is 2.20. The normalized spacial score (nSPS) is 11.5. The average Bonchev–Trinajstić information content (AvgIpc) is 2.83. The molecule has 0 saturated carbocycles. The maximum Gasteiger partial charge on any atom is 0.418 e. The molecule has 1 rings (SSSR count). The van der Waals surface area contributed by atoms with Crippen LogP contribution in [0.5, 0.6) is 0 Å². The predicted molar refractivity (Wildman–Crippen MR) is 75.2 cm³/mol. The summed E-state index contributed by atoms with van der Waals surface area (Å²) in [7, 11) is 1.16. The molecule has 0 saturated heterocycles. The minimum absolute atomic E-state index is 0.261. The zero-order valence-corrected chi connectivity index (χ0v) is 12.2. The molecule has 0 spiro atoms. The van der Waals surface area contributed by atoms with Crippen LogP contribution >= 0.6 is 0 Å². The van der Waals surface area contributed by atoms with Crippen LogP contribution in [0.15, 0.2) is 29.1 Å². The molecule has 0 bridgehead atoms. The first-order valence-electron chi connectivity index (χ1n) is 6.04. The van der Waals surface area contributed by atoms with Gasteiger partial charge >= 0.3 is 12.1 Å². The van der Waals surface area contributed by atoms with Crippen LogP contribution in [0.3, 0.4) is 0 Å². The minimum Gasteiger partial charge on any atom is -0.466 e. The van der Waals surface area contributed by atoms with E-state index in [9.17, 15) is 9.59 Å². The summed E-state index contributed by atoms with van der Waals surface area (Å²) >= 11 is 0. The van der Waals surface area contributed by atoms with Gasteiger partial charge < -0.3 is 9.47 Å². The minimum atomic E-state index is -0.801. The molecular weight excluding hydrogens is 276 g/mol. The highest BCUT2D eigenvalue weighted by Crippen LogP contribution is 2.14. The third-order valence-corrected chi connectivity index (χ3v) is 2.20. The Morgan fingerprint density at radius 2 is 2.10 bits per heavy atom. The summed E-state index contributed by atoms with van der Waals surface area (Å²) in [6, 6.07) is 3.17. The van der Waals surface area contributed by atoms with Gasteiger partial charge in [-0.25, -0.2) is 9.59 Å². The van der Waals surface area contributed by atoms with Crippen molar-refractivity contribution in [2.45, 2.75) is 26.4 Å². The number of esters is 1. The van der Waals surface area contributed by atoms with Crippen LogP contribution in [-0.4, -0.2) is 29.3 Å². The summed E-state index contributed by atoms with van der Waals surface area (Å²) in [5.74, 6) is -0.801. The number of hydrogen-bond donors (Lipinski definition) is 0. The molecule has 1 heterocycles. The Kier molecular flexibility index (Phi) is 5.15. The van der Waals surface area contributed by atoms with Gasteiger partial charge in [0.25, 0.3) is 0 Å². The van der Waals surface area contributed by atoms with E-state index < -0.39 is 17.7 Å². The Labute approximate surface area is 121 Å². The summed E-state index contributed by atoms with van der Waals surface area (Å²) in [6.45, 7) is 5.22. The van der Waals surface area contributed by atoms with Crippen molar-refractivity contribution in [3.8, 4) is 0 Å². The van der Waals surface area contributed by atoms with E-state index in [2.05, 4.69) is 14.8 Å². The summed E-state index contributed by atoms with van der Waals surface area (Å²) in [4.78, 5) is 26.0. The molecule has 0 unspecified atom stereocenters. The first kappa shape index (κ1) is 16.3. The Bertz CT molecular complexity index is 618. The third kappa shape index (κ3) is 4.70. The maximum absolute atomic E-state index is 12.0. The lowest BCUT2D eigenvalue weighted by Crippen LogP contribution is -2.27. The van der Waals surface area contributed by atoms with Gasteiger partial charge in [0.1, 0.15) is 11.3 Å². The van der Waals surface area contributed by atoms with Gasteiger partial charge in [-0.15, -0.1) is 0 Å². The van der Waals surface area contributed by atoms with Crippen molar-refractivity contribution in [1.29, 1.82) is 0 Å². The standard InChI is InChI=1S/C13H16N4O4/c1-13(2,3)21-12(19)17-7-5-6-9(17)8-10(15-16-14)11(18)20-4/h5-8H,1-4H3/b10-8-. The summed E-state index contributed by atoms with van der Waals surface area (Å²) in [5, 5.41) is 3.25. The van der Waals surface area contributed by atoms with E-state index in [1.165, 1.54) is 16.8 Å². The van der Waals surface area contributed by atoms with Crippen LogP contribution in [-0.2, 0) is 14.3 Å². The van der Waals surface area contributed by atoms with E-state index in [0.717, 1.165) is 7.11 Å². The van der Waals surface area contributed by atoms with Crippen LogP contribution in [0.1, 0.15) is 26.5 Å². The average molecular weight is 292 g/mol. The molecule has 112 valence electrons. The van der Waals surface area contributed by atoms with E-state index in [4.69, 9.17) is 10.3 Å². The van der Waals surface area contributed by atoms with Crippen LogP contribution in [0.4, 0.5) is 4.79 Å². The molecule has 0 atom stereocenters. The quantitative estimate of drug-likeness (QED) is 0.280. The van der Waals surface area contributed by atoms with E-state index in [0.29, 0.717) is 5.69 Å². The Balaban J connectivity index is 3.16. The number of ether oxygens (including phenoxy) is 2. The highest BCUT2D eigenvalue weighted by atomic mass is 16.6. The number of hydrogen-bond acceptors (Lipinski definition) is 5. The molecule has 0 aliphatic rings. The molecule has 0 N–H and O–H groups in total. The van der Waals surface area contributed by atoms with Crippen molar-refractivity contribution in [2.24, 2.45) is 5.11 Å². The van der Waals surface area contributed by atoms with Gasteiger partial charge in [0.2, 0.25) is 0 Å². The Hall–Kier alpha value is -2.73. The van der Waals surface area contributed by atoms with Gasteiger partial charge in [0.15, 0.2) is 0 Å². The largest absolute Gasteiger partial charge is 0.466 e. The van der Waals surface area contributed by atoms with Gasteiger partial charge in [-0.3, -0.25) is 4.57 Å². The van der Waals surface area contributed by atoms with Crippen molar-refractivity contribution < 1.29 is 19.1 Å². The summed E-state index contributed by atoms with van der Waals surface area (Å²) in [6.07, 6.45) is 2.12. The number of aromatic nitrogens is 1. The fourth-order valence-electron chi connectivity index (χ4n) is 1.41. The first-order valence-corrected chi connectivity index (χ1v) is 6.04. The second-order valence-electron chi connectivity index (χ2n) is 4.99. The summed E-state index contributed by atoms with van der Waals surface area (Å²) < 4.78 is 10.9. The molecule has 0 radical (unpaired) electrons. The van der Waals surface area contributed by atoms with Crippen LogP contribution < -0.4 is 0 Å². The monoisotopic (exact) mass is 292 g/mol. The molecule has 1 aromatic heterocycles. The molecule has 0 aromatic carbocycles. The molecule has 0 fully saturated rings. The lowest BCUT2D eigenvalue weighted by molar-refractivity contribution is -0.136. The van der Waals surface area contributed by atoms with Gasteiger partial charge in [-0.2, -0.15) is 0 Å².